The van der Waals surface area contributed by atoms with Gasteiger partial charge in [0.15, 0.2) is 11.6 Å². The van der Waals surface area contributed by atoms with Crippen molar-refractivity contribution in [3.63, 3.8) is 0 Å². The lowest BCUT2D eigenvalue weighted by Gasteiger charge is -2.11. The second-order valence-corrected chi connectivity index (χ2v) is 7.90. The third kappa shape index (κ3) is 4.62. The number of esters is 1. The molecule has 2 aromatic carbocycles. The van der Waals surface area contributed by atoms with Crippen molar-refractivity contribution >= 4 is 31.9 Å². The van der Waals surface area contributed by atoms with E-state index in [2.05, 4.69) is 20.7 Å². The largest absolute Gasteiger partial charge is 0.420 e. The Labute approximate surface area is 148 Å². The second kappa shape index (κ2) is 7.42. The van der Waals surface area contributed by atoms with Gasteiger partial charge in [-0.1, -0.05) is 22.0 Å². The van der Waals surface area contributed by atoms with Gasteiger partial charge in [-0.15, -0.1) is 0 Å². The number of hydrogen-bond acceptors (Lipinski definition) is 4. The van der Waals surface area contributed by atoms with E-state index < -0.39 is 21.8 Å². The fraction of sp³-hybridized carbons (Fsp3) is 0.188. The van der Waals surface area contributed by atoms with Crippen molar-refractivity contribution in [2.75, 3.05) is 0 Å². The first-order valence-corrected chi connectivity index (χ1v) is 9.26. The average molecular weight is 416 g/mol. The van der Waals surface area contributed by atoms with Crippen LogP contribution in [-0.4, -0.2) is 20.4 Å². The summed E-state index contributed by atoms with van der Waals surface area (Å²) in [4.78, 5) is 12.1. The van der Waals surface area contributed by atoms with E-state index in [1.54, 1.807) is 13.8 Å². The maximum absolute atomic E-state index is 13.7. The minimum Gasteiger partial charge on any atom is -0.420 e. The summed E-state index contributed by atoms with van der Waals surface area (Å²) >= 11 is 3.10. The van der Waals surface area contributed by atoms with Gasteiger partial charge in [-0.2, -0.15) is 0 Å². The highest BCUT2D eigenvalue weighted by molar-refractivity contribution is 9.10. The van der Waals surface area contributed by atoms with Crippen LogP contribution >= 0.6 is 15.9 Å². The van der Waals surface area contributed by atoms with Gasteiger partial charge in [0.2, 0.25) is 10.0 Å². The zero-order chi connectivity index (χ0) is 17.9. The van der Waals surface area contributed by atoms with Crippen LogP contribution in [0.15, 0.2) is 51.8 Å². The van der Waals surface area contributed by atoms with Crippen LogP contribution in [0.2, 0.25) is 0 Å². The number of sulfonamides is 1. The minimum absolute atomic E-state index is 0.00366. The molecule has 0 aromatic heterocycles. The highest BCUT2D eigenvalue weighted by Gasteiger charge is 2.18. The number of hydrogen-bond donors (Lipinski definition) is 1. The molecule has 0 aliphatic carbocycles. The van der Waals surface area contributed by atoms with E-state index in [0.29, 0.717) is 4.47 Å². The summed E-state index contributed by atoms with van der Waals surface area (Å²) in [5.74, 6) is -1.79. The van der Waals surface area contributed by atoms with Crippen LogP contribution in [0, 0.1) is 5.82 Å². The lowest BCUT2D eigenvalue weighted by Crippen LogP contribution is -2.30. The Kier molecular flexibility index (Phi) is 5.74. The molecule has 5 nitrogen and oxygen atoms in total. The van der Waals surface area contributed by atoms with Gasteiger partial charge in [-0.05, 0) is 50.2 Å². The standard InChI is InChI=1S/C16H15BrFNO4S/c1-10(2)19-24(21,22)13-5-3-4-11(8-13)16(20)23-15-7-6-12(17)9-14(15)18/h3-10,19H,1-2H3. The van der Waals surface area contributed by atoms with Crippen LogP contribution in [-0.2, 0) is 10.0 Å². The molecular formula is C16H15BrFNO4S. The van der Waals surface area contributed by atoms with Crippen molar-refractivity contribution in [1.29, 1.82) is 0 Å². The maximum Gasteiger partial charge on any atom is 0.343 e. The predicted molar refractivity (Wildman–Crippen MR) is 91.0 cm³/mol. The van der Waals surface area contributed by atoms with Gasteiger partial charge in [-0.3, -0.25) is 0 Å². The number of nitrogens with one attached hydrogen (secondary N) is 1. The number of carbonyl (C=O) groups excluding carboxylic acids is 1. The van der Waals surface area contributed by atoms with Crippen LogP contribution < -0.4 is 9.46 Å². The van der Waals surface area contributed by atoms with Gasteiger partial charge in [0.25, 0.3) is 0 Å². The molecule has 24 heavy (non-hydrogen) atoms. The summed E-state index contributed by atoms with van der Waals surface area (Å²) in [6.07, 6.45) is 0. The lowest BCUT2D eigenvalue weighted by molar-refractivity contribution is 0.0727. The highest BCUT2D eigenvalue weighted by atomic mass is 79.9. The van der Waals surface area contributed by atoms with E-state index >= 15 is 0 Å². The Balaban J connectivity index is 2.26. The second-order valence-electron chi connectivity index (χ2n) is 5.27. The van der Waals surface area contributed by atoms with Crippen LogP contribution in [0.3, 0.4) is 0 Å². The van der Waals surface area contributed by atoms with Crippen LogP contribution in [0.4, 0.5) is 4.39 Å². The van der Waals surface area contributed by atoms with Gasteiger partial charge in [-0.25, -0.2) is 22.3 Å². The zero-order valence-corrected chi connectivity index (χ0v) is 15.3. The summed E-state index contributed by atoms with van der Waals surface area (Å²) in [7, 11) is -3.74. The van der Waals surface area contributed by atoms with Crippen molar-refractivity contribution in [1.82, 2.24) is 4.72 Å². The highest BCUT2D eigenvalue weighted by Crippen LogP contribution is 2.23. The molecule has 0 bridgehead atoms. The molecule has 0 spiro atoms. The van der Waals surface area contributed by atoms with Crippen molar-refractivity contribution in [2.45, 2.75) is 24.8 Å². The first-order chi connectivity index (χ1) is 11.2. The number of halogens is 2. The van der Waals surface area contributed by atoms with Crippen molar-refractivity contribution in [2.24, 2.45) is 0 Å². The molecule has 2 rings (SSSR count). The number of rotatable bonds is 5. The smallest absolute Gasteiger partial charge is 0.343 e. The summed E-state index contributed by atoms with van der Waals surface area (Å²) in [5, 5.41) is 0. The van der Waals surface area contributed by atoms with Crippen LogP contribution in [0.1, 0.15) is 24.2 Å². The third-order valence-electron chi connectivity index (χ3n) is 2.87. The van der Waals surface area contributed by atoms with Gasteiger partial charge in [0.1, 0.15) is 0 Å². The molecule has 1 N–H and O–H groups in total. The van der Waals surface area contributed by atoms with E-state index in [0.717, 1.165) is 6.07 Å². The van der Waals surface area contributed by atoms with E-state index in [4.69, 9.17) is 4.74 Å². The topological polar surface area (TPSA) is 72.5 Å². The first kappa shape index (κ1) is 18.6. The fourth-order valence-electron chi connectivity index (χ4n) is 1.89. The van der Waals surface area contributed by atoms with Crippen molar-refractivity contribution < 1.29 is 22.3 Å². The van der Waals surface area contributed by atoms with Crippen LogP contribution in [0.5, 0.6) is 5.75 Å². The van der Waals surface area contributed by atoms with E-state index in [9.17, 15) is 17.6 Å². The molecular weight excluding hydrogens is 401 g/mol. The Morgan fingerprint density at radius 1 is 1.21 bits per heavy atom. The monoisotopic (exact) mass is 415 g/mol. The van der Waals surface area contributed by atoms with Crippen molar-refractivity contribution in [3.8, 4) is 5.75 Å². The molecule has 128 valence electrons. The molecule has 0 aliphatic heterocycles. The molecule has 0 fully saturated rings. The Morgan fingerprint density at radius 3 is 2.54 bits per heavy atom. The zero-order valence-electron chi connectivity index (χ0n) is 12.9. The molecule has 0 amide bonds. The maximum atomic E-state index is 13.7. The molecule has 0 aliphatic rings. The van der Waals surface area contributed by atoms with Crippen molar-refractivity contribution in [3.05, 3.63) is 58.3 Å². The van der Waals surface area contributed by atoms with Gasteiger partial charge in [0, 0.05) is 10.5 Å². The van der Waals surface area contributed by atoms with E-state index in [-0.39, 0.29) is 22.3 Å². The first-order valence-electron chi connectivity index (χ1n) is 6.98. The average Bonchev–Trinajstić information content (AvgIpc) is 2.49. The molecule has 0 heterocycles. The summed E-state index contributed by atoms with van der Waals surface area (Å²) in [6.45, 7) is 3.37. The molecule has 0 unspecified atom stereocenters. The molecule has 0 saturated heterocycles. The Bertz CT molecular complexity index is 868. The molecule has 8 heteroatoms. The number of ether oxygens (including phenoxy) is 1. The fourth-order valence-corrected chi connectivity index (χ4v) is 3.52. The summed E-state index contributed by atoms with van der Waals surface area (Å²) in [5.41, 5.74) is 0.00366. The van der Waals surface area contributed by atoms with Gasteiger partial charge >= 0.3 is 5.97 Å². The lowest BCUT2D eigenvalue weighted by atomic mass is 10.2. The number of carbonyl (C=O) groups is 1. The third-order valence-corrected chi connectivity index (χ3v) is 5.02. The SMILES string of the molecule is CC(C)NS(=O)(=O)c1cccc(C(=O)Oc2ccc(Br)cc2F)c1. The summed E-state index contributed by atoms with van der Waals surface area (Å²) in [6, 6.07) is 9.07. The quantitative estimate of drug-likeness (QED) is 0.598. The Hall–Kier alpha value is -1.77. The Morgan fingerprint density at radius 2 is 1.92 bits per heavy atom. The molecule has 0 radical (unpaired) electrons. The summed E-state index contributed by atoms with van der Waals surface area (Å²) < 4.78 is 45.9. The van der Waals surface area contributed by atoms with E-state index in [1.165, 1.54) is 36.4 Å². The van der Waals surface area contributed by atoms with Crippen LogP contribution in [0.25, 0.3) is 0 Å². The minimum atomic E-state index is -3.74. The van der Waals surface area contributed by atoms with E-state index in [1.807, 2.05) is 0 Å². The normalized spacial score (nSPS) is 11.5. The molecule has 0 saturated carbocycles. The molecule has 0 atom stereocenters. The van der Waals surface area contributed by atoms with Gasteiger partial charge in [0.05, 0.1) is 10.5 Å². The number of benzene rings is 2. The molecule has 2 aromatic rings. The predicted octanol–water partition coefficient (Wildman–Crippen LogP) is 3.49. The van der Waals surface area contributed by atoms with Gasteiger partial charge < -0.3 is 4.74 Å².